The van der Waals surface area contributed by atoms with E-state index in [1.165, 1.54) is 0 Å². The number of anilines is 1. The molecule has 3 rings (SSSR count). The van der Waals surface area contributed by atoms with Crippen molar-refractivity contribution in [3.63, 3.8) is 0 Å². The Morgan fingerprint density at radius 2 is 2.11 bits per heavy atom. The summed E-state index contributed by atoms with van der Waals surface area (Å²) in [5, 5.41) is 4.11. The molecule has 6 heteroatoms. The molecular formula is C13H17N5O. The second-order valence-corrected chi connectivity index (χ2v) is 5.05. The highest BCUT2D eigenvalue weighted by Crippen LogP contribution is 2.33. The molecule has 1 unspecified atom stereocenters. The Morgan fingerprint density at radius 1 is 1.32 bits per heavy atom. The second kappa shape index (κ2) is 4.95. The fourth-order valence-corrected chi connectivity index (χ4v) is 2.33. The Kier molecular flexibility index (Phi) is 3.15. The van der Waals surface area contributed by atoms with Crippen molar-refractivity contribution in [2.75, 3.05) is 11.4 Å². The maximum atomic E-state index is 5.29. The third kappa shape index (κ3) is 2.30. The molecule has 2 aromatic rings. The van der Waals surface area contributed by atoms with Crippen LogP contribution in [0.3, 0.4) is 0 Å². The van der Waals surface area contributed by atoms with Crippen LogP contribution in [0.2, 0.25) is 0 Å². The van der Waals surface area contributed by atoms with Gasteiger partial charge in [-0.15, -0.1) is 0 Å². The van der Waals surface area contributed by atoms with Crippen LogP contribution in [0, 0.1) is 0 Å². The molecule has 1 aliphatic heterocycles. The lowest BCUT2D eigenvalue weighted by Gasteiger charge is -2.21. The van der Waals surface area contributed by atoms with E-state index in [-0.39, 0.29) is 12.0 Å². The third-order valence-electron chi connectivity index (χ3n) is 3.31. The van der Waals surface area contributed by atoms with Gasteiger partial charge in [0, 0.05) is 24.9 Å². The number of rotatable bonds is 3. The molecular weight excluding hydrogens is 242 g/mol. The zero-order chi connectivity index (χ0) is 13.2. The van der Waals surface area contributed by atoms with Crippen LogP contribution in [0.1, 0.15) is 50.4 Å². The molecule has 1 saturated heterocycles. The minimum absolute atomic E-state index is 0.124. The normalized spacial score (nSPS) is 19.3. The van der Waals surface area contributed by atoms with Crippen LogP contribution < -0.4 is 4.90 Å². The SMILES string of the molecule is CC(C)c1nc(C2CCCN2c2ncccn2)no1. The Hall–Kier alpha value is -1.98. The van der Waals surface area contributed by atoms with Crippen molar-refractivity contribution in [1.29, 1.82) is 0 Å². The minimum Gasteiger partial charge on any atom is -0.339 e. The summed E-state index contributed by atoms with van der Waals surface area (Å²) >= 11 is 0. The van der Waals surface area contributed by atoms with E-state index >= 15 is 0 Å². The fraction of sp³-hybridized carbons (Fsp3) is 0.538. The first-order valence-electron chi connectivity index (χ1n) is 6.63. The topological polar surface area (TPSA) is 67.9 Å². The van der Waals surface area contributed by atoms with Crippen LogP contribution in [0.15, 0.2) is 23.0 Å². The van der Waals surface area contributed by atoms with Gasteiger partial charge in [-0.1, -0.05) is 19.0 Å². The summed E-state index contributed by atoms with van der Waals surface area (Å²) in [6, 6.07) is 1.94. The number of nitrogens with zero attached hydrogens (tertiary/aromatic N) is 5. The summed E-state index contributed by atoms with van der Waals surface area (Å²) in [4.78, 5) is 15.3. The molecule has 0 aromatic carbocycles. The molecule has 0 aliphatic carbocycles. The molecule has 1 fully saturated rings. The molecule has 100 valence electrons. The van der Waals surface area contributed by atoms with Gasteiger partial charge < -0.3 is 9.42 Å². The van der Waals surface area contributed by atoms with Crippen LogP contribution >= 0.6 is 0 Å². The van der Waals surface area contributed by atoms with Gasteiger partial charge in [-0.2, -0.15) is 4.98 Å². The number of hydrogen-bond donors (Lipinski definition) is 0. The largest absolute Gasteiger partial charge is 0.339 e. The van der Waals surface area contributed by atoms with Crippen molar-refractivity contribution < 1.29 is 4.52 Å². The fourth-order valence-electron chi connectivity index (χ4n) is 2.33. The predicted molar refractivity (Wildman–Crippen MR) is 69.7 cm³/mol. The molecule has 0 spiro atoms. The molecule has 3 heterocycles. The highest BCUT2D eigenvalue weighted by Gasteiger charge is 2.31. The second-order valence-electron chi connectivity index (χ2n) is 5.05. The molecule has 1 atom stereocenters. The summed E-state index contributed by atoms with van der Waals surface area (Å²) in [5.74, 6) is 2.43. The quantitative estimate of drug-likeness (QED) is 0.842. The number of aromatic nitrogens is 4. The van der Waals surface area contributed by atoms with E-state index in [9.17, 15) is 0 Å². The Morgan fingerprint density at radius 3 is 2.79 bits per heavy atom. The van der Waals surface area contributed by atoms with Crippen molar-refractivity contribution in [3.8, 4) is 0 Å². The van der Waals surface area contributed by atoms with Crippen LogP contribution in [-0.4, -0.2) is 26.7 Å². The van der Waals surface area contributed by atoms with Crippen molar-refractivity contribution in [2.24, 2.45) is 0 Å². The molecule has 0 saturated carbocycles. The first kappa shape index (κ1) is 12.1. The smallest absolute Gasteiger partial charge is 0.229 e. The van der Waals surface area contributed by atoms with Gasteiger partial charge in [0.25, 0.3) is 0 Å². The van der Waals surface area contributed by atoms with Gasteiger partial charge >= 0.3 is 0 Å². The van der Waals surface area contributed by atoms with Gasteiger partial charge in [0.15, 0.2) is 5.82 Å². The predicted octanol–water partition coefficient (Wildman–Crippen LogP) is 2.32. The lowest BCUT2D eigenvalue weighted by molar-refractivity contribution is 0.358. The van der Waals surface area contributed by atoms with Crippen molar-refractivity contribution >= 4 is 5.95 Å². The Bertz CT molecular complexity index is 539. The average molecular weight is 259 g/mol. The number of hydrogen-bond acceptors (Lipinski definition) is 6. The van der Waals surface area contributed by atoms with Crippen LogP contribution in [0.5, 0.6) is 0 Å². The van der Waals surface area contributed by atoms with Crippen LogP contribution in [0.25, 0.3) is 0 Å². The molecule has 2 aromatic heterocycles. The zero-order valence-electron chi connectivity index (χ0n) is 11.2. The Balaban J connectivity index is 1.86. The lowest BCUT2D eigenvalue weighted by Crippen LogP contribution is -2.25. The van der Waals surface area contributed by atoms with Gasteiger partial charge in [0.05, 0.1) is 6.04 Å². The van der Waals surface area contributed by atoms with E-state index in [0.717, 1.165) is 31.2 Å². The minimum atomic E-state index is 0.124. The molecule has 0 bridgehead atoms. The first-order chi connectivity index (χ1) is 9.25. The van der Waals surface area contributed by atoms with E-state index in [1.807, 2.05) is 19.9 Å². The highest BCUT2D eigenvalue weighted by atomic mass is 16.5. The maximum Gasteiger partial charge on any atom is 0.229 e. The summed E-state index contributed by atoms with van der Waals surface area (Å²) < 4.78 is 5.29. The molecule has 6 nitrogen and oxygen atoms in total. The maximum absolute atomic E-state index is 5.29. The van der Waals surface area contributed by atoms with E-state index in [1.54, 1.807) is 12.4 Å². The summed E-state index contributed by atoms with van der Waals surface area (Å²) in [6.45, 7) is 5.02. The van der Waals surface area contributed by atoms with Crippen molar-refractivity contribution in [1.82, 2.24) is 20.1 Å². The van der Waals surface area contributed by atoms with Gasteiger partial charge in [-0.25, -0.2) is 9.97 Å². The summed E-state index contributed by atoms with van der Waals surface area (Å²) in [5.41, 5.74) is 0. The molecule has 0 radical (unpaired) electrons. The zero-order valence-corrected chi connectivity index (χ0v) is 11.2. The summed E-state index contributed by atoms with van der Waals surface area (Å²) in [7, 11) is 0. The molecule has 0 N–H and O–H groups in total. The standard InChI is InChI=1S/C13H17N5O/c1-9(2)12-16-11(17-19-12)10-5-3-8-18(10)13-14-6-4-7-15-13/h4,6-7,9-10H,3,5,8H2,1-2H3. The lowest BCUT2D eigenvalue weighted by atomic mass is 10.2. The van der Waals surface area contributed by atoms with Crippen LogP contribution in [-0.2, 0) is 0 Å². The summed E-state index contributed by atoms with van der Waals surface area (Å²) in [6.07, 6.45) is 5.62. The van der Waals surface area contributed by atoms with Gasteiger partial charge in [-0.3, -0.25) is 0 Å². The van der Waals surface area contributed by atoms with E-state index in [0.29, 0.717) is 5.89 Å². The van der Waals surface area contributed by atoms with E-state index in [4.69, 9.17) is 4.52 Å². The third-order valence-corrected chi connectivity index (χ3v) is 3.31. The van der Waals surface area contributed by atoms with Crippen LogP contribution in [0.4, 0.5) is 5.95 Å². The monoisotopic (exact) mass is 259 g/mol. The van der Waals surface area contributed by atoms with Crippen molar-refractivity contribution in [2.45, 2.75) is 38.6 Å². The highest BCUT2D eigenvalue weighted by molar-refractivity contribution is 5.34. The van der Waals surface area contributed by atoms with Gasteiger partial charge in [-0.05, 0) is 18.9 Å². The molecule has 19 heavy (non-hydrogen) atoms. The van der Waals surface area contributed by atoms with Gasteiger partial charge in [0.1, 0.15) is 0 Å². The van der Waals surface area contributed by atoms with Crippen molar-refractivity contribution in [3.05, 3.63) is 30.2 Å². The van der Waals surface area contributed by atoms with E-state index < -0.39 is 0 Å². The Labute approximate surface area is 111 Å². The van der Waals surface area contributed by atoms with E-state index in [2.05, 4.69) is 25.0 Å². The van der Waals surface area contributed by atoms with Gasteiger partial charge in [0.2, 0.25) is 11.8 Å². The average Bonchev–Trinajstić information content (AvgIpc) is 3.08. The first-order valence-corrected chi connectivity index (χ1v) is 6.63. The molecule has 0 amide bonds. The molecule has 1 aliphatic rings.